The highest BCUT2D eigenvalue weighted by Crippen LogP contribution is 2.45. The van der Waals surface area contributed by atoms with E-state index in [2.05, 4.69) is 41.5 Å². The number of unbranched alkanes of at least 4 members (excludes halogenated alkanes) is 47. The lowest BCUT2D eigenvalue weighted by atomic mass is 10.0. The monoisotopic (exact) mass is 1420 g/mol. The fraction of sp³-hybridized carbons (Fsp3) is 0.949. The summed E-state index contributed by atoms with van der Waals surface area (Å²) in [5, 5.41) is 10.6. The minimum atomic E-state index is -4.96. The Hall–Kier alpha value is -1.94. The molecule has 0 aliphatic rings. The summed E-state index contributed by atoms with van der Waals surface area (Å²) in [5.74, 6) is -0.632. The normalized spacial score (nSPS) is 14.0. The maximum atomic E-state index is 13.1. The topological polar surface area (TPSA) is 237 Å². The van der Waals surface area contributed by atoms with E-state index >= 15 is 0 Å². The van der Waals surface area contributed by atoms with Gasteiger partial charge in [-0.15, -0.1) is 0 Å². The second-order valence-corrected chi connectivity index (χ2v) is 32.0. The van der Waals surface area contributed by atoms with E-state index in [0.717, 1.165) is 102 Å². The van der Waals surface area contributed by atoms with Gasteiger partial charge >= 0.3 is 39.5 Å². The largest absolute Gasteiger partial charge is 0.472 e. The van der Waals surface area contributed by atoms with Crippen LogP contribution in [-0.4, -0.2) is 96.7 Å². The Kier molecular flexibility index (Phi) is 68.4. The van der Waals surface area contributed by atoms with Crippen molar-refractivity contribution >= 4 is 39.5 Å². The third kappa shape index (κ3) is 72.2. The number of aliphatic hydroxyl groups excluding tert-OH is 1. The van der Waals surface area contributed by atoms with Gasteiger partial charge in [0.25, 0.3) is 0 Å². The van der Waals surface area contributed by atoms with Gasteiger partial charge in [-0.05, 0) is 37.5 Å². The highest BCUT2D eigenvalue weighted by molar-refractivity contribution is 7.47. The van der Waals surface area contributed by atoms with Gasteiger partial charge in [0.05, 0.1) is 26.4 Å². The summed E-state index contributed by atoms with van der Waals surface area (Å²) in [6.07, 6.45) is 58.4. The van der Waals surface area contributed by atoms with E-state index in [-0.39, 0.29) is 25.7 Å². The third-order valence-corrected chi connectivity index (χ3v) is 20.1. The van der Waals surface area contributed by atoms with Gasteiger partial charge in [0.1, 0.15) is 19.3 Å². The molecule has 0 saturated heterocycles. The lowest BCUT2D eigenvalue weighted by Crippen LogP contribution is -2.30. The summed E-state index contributed by atoms with van der Waals surface area (Å²) < 4.78 is 68.6. The first kappa shape index (κ1) is 95.1. The van der Waals surface area contributed by atoms with Gasteiger partial charge in [0, 0.05) is 25.7 Å². The molecule has 0 bridgehead atoms. The average molecular weight is 1420 g/mol. The number of esters is 4. The third-order valence-electron chi connectivity index (χ3n) is 18.2. The first-order valence-electron chi connectivity index (χ1n) is 40.5. The van der Waals surface area contributed by atoms with Crippen molar-refractivity contribution in [1.82, 2.24) is 0 Å². The SMILES string of the molecule is CCCCCCCCCCCCCCCCCCCCC(=O)OC[C@H](COP(=O)(O)OC[C@@H](O)COP(=O)(O)OC[C@@H](COC(=O)CCCCCCCCC(C)C)OC(=O)CCCCCCCCCCCCCC)OC(=O)CCCCCCCCCCCCCCCCCC(C)C. The van der Waals surface area contributed by atoms with E-state index in [1.165, 1.54) is 218 Å². The summed E-state index contributed by atoms with van der Waals surface area (Å²) in [6, 6.07) is 0. The first-order chi connectivity index (χ1) is 46.9. The van der Waals surface area contributed by atoms with Crippen molar-refractivity contribution in [3.8, 4) is 0 Å². The summed E-state index contributed by atoms with van der Waals surface area (Å²) in [4.78, 5) is 72.8. The van der Waals surface area contributed by atoms with Crippen molar-refractivity contribution in [3.05, 3.63) is 0 Å². The van der Waals surface area contributed by atoms with Crippen LogP contribution in [-0.2, 0) is 65.4 Å². The Balaban J connectivity index is 5.22. The number of carbonyl (C=O) groups is 4. The molecule has 0 aromatic rings. The maximum absolute atomic E-state index is 13.1. The fourth-order valence-corrected chi connectivity index (χ4v) is 13.6. The number of hydrogen-bond acceptors (Lipinski definition) is 15. The number of hydrogen-bond donors (Lipinski definition) is 3. The number of phosphoric ester groups is 2. The van der Waals surface area contributed by atoms with Gasteiger partial charge in [-0.25, -0.2) is 9.13 Å². The predicted molar refractivity (Wildman–Crippen MR) is 395 cm³/mol. The molecule has 0 radical (unpaired) electrons. The summed E-state index contributed by atoms with van der Waals surface area (Å²) in [7, 11) is -9.91. The standard InChI is InChI=1S/C78H152O17P2/c1-7-9-11-13-15-17-19-21-22-23-24-27-30-34-37-41-48-54-60-75(80)88-66-73(94-78(83)63-57-51-43-39-35-31-28-25-26-29-32-36-40-46-52-58-70(3)4)68-92-96(84,85)90-64-72(79)65-91-97(86,87)93-69-74(67-89-76(81)61-55-49-45-44-47-53-59-71(5)6)95-77(82)62-56-50-42-38-33-20-18-16-14-12-10-8-2/h70-74,79H,7-69H2,1-6H3,(H,84,85)(H,86,87)/t72-,73-,74-/m1/s1. The quantitative estimate of drug-likeness (QED) is 0.0222. The molecule has 0 heterocycles. The van der Waals surface area contributed by atoms with Gasteiger partial charge in [0.15, 0.2) is 12.2 Å². The zero-order chi connectivity index (χ0) is 71.4. The Morgan fingerprint density at radius 2 is 0.474 bits per heavy atom. The molecule has 19 heteroatoms. The van der Waals surface area contributed by atoms with Crippen molar-refractivity contribution in [2.75, 3.05) is 39.6 Å². The Morgan fingerprint density at radius 1 is 0.278 bits per heavy atom. The zero-order valence-corrected chi connectivity index (χ0v) is 65.2. The van der Waals surface area contributed by atoms with Crippen molar-refractivity contribution in [2.24, 2.45) is 11.8 Å². The summed E-state index contributed by atoms with van der Waals surface area (Å²) >= 11 is 0. The molecule has 3 N–H and O–H groups in total. The van der Waals surface area contributed by atoms with Crippen molar-refractivity contribution in [1.29, 1.82) is 0 Å². The summed E-state index contributed by atoms with van der Waals surface area (Å²) in [5.41, 5.74) is 0. The van der Waals surface area contributed by atoms with E-state index < -0.39 is 97.5 Å². The zero-order valence-electron chi connectivity index (χ0n) is 63.4. The van der Waals surface area contributed by atoms with E-state index in [9.17, 15) is 43.2 Å². The molecular weight excluding hydrogens is 1270 g/mol. The van der Waals surface area contributed by atoms with Gasteiger partial charge in [0.2, 0.25) is 0 Å². The van der Waals surface area contributed by atoms with Crippen LogP contribution in [0, 0.1) is 11.8 Å². The molecule has 0 amide bonds. The number of rotatable bonds is 77. The van der Waals surface area contributed by atoms with E-state index in [0.29, 0.717) is 31.6 Å². The van der Waals surface area contributed by atoms with Crippen LogP contribution >= 0.6 is 15.6 Å². The molecule has 0 aromatic carbocycles. The van der Waals surface area contributed by atoms with Crippen molar-refractivity contribution in [2.45, 2.75) is 426 Å². The van der Waals surface area contributed by atoms with E-state index in [1.54, 1.807) is 0 Å². The van der Waals surface area contributed by atoms with Crippen LogP contribution in [0.1, 0.15) is 408 Å². The highest BCUT2D eigenvalue weighted by atomic mass is 31.2. The minimum absolute atomic E-state index is 0.106. The molecular formula is C78H152O17P2. The second kappa shape index (κ2) is 69.8. The molecule has 0 aliphatic heterocycles. The minimum Gasteiger partial charge on any atom is -0.462 e. The van der Waals surface area contributed by atoms with E-state index in [1.807, 2.05) is 0 Å². The fourth-order valence-electron chi connectivity index (χ4n) is 12.0. The Morgan fingerprint density at radius 3 is 0.701 bits per heavy atom. The molecule has 17 nitrogen and oxygen atoms in total. The van der Waals surface area contributed by atoms with Gasteiger partial charge in [-0.2, -0.15) is 0 Å². The second-order valence-electron chi connectivity index (χ2n) is 29.1. The molecule has 5 atom stereocenters. The van der Waals surface area contributed by atoms with Crippen molar-refractivity contribution < 1.29 is 80.2 Å². The molecule has 0 rings (SSSR count). The lowest BCUT2D eigenvalue weighted by molar-refractivity contribution is -0.161. The van der Waals surface area contributed by atoms with Crippen LogP contribution in [0.5, 0.6) is 0 Å². The molecule has 0 aromatic heterocycles. The van der Waals surface area contributed by atoms with E-state index in [4.69, 9.17) is 37.0 Å². The maximum Gasteiger partial charge on any atom is 0.472 e. The number of ether oxygens (including phenoxy) is 4. The van der Waals surface area contributed by atoms with Gasteiger partial charge in [-0.3, -0.25) is 37.3 Å². The van der Waals surface area contributed by atoms with Crippen LogP contribution in [0.4, 0.5) is 0 Å². The molecule has 0 fully saturated rings. The molecule has 576 valence electrons. The number of phosphoric acid groups is 2. The number of aliphatic hydroxyl groups is 1. The van der Waals surface area contributed by atoms with Crippen LogP contribution in [0.2, 0.25) is 0 Å². The summed E-state index contributed by atoms with van der Waals surface area (Å²) in [6.45, 7) is 9.56. The average Bonchev–Trinajstić information content (AvgIpc) is 1.08. The molecule has 0 spiro atoms. The van der Waals surface area contributed by atoms with Gasteiger partial charge in [-0.1, -0.05) is 356 Å². The number of carbonyl (C=O) groups excluding carboxylic acids is 4. The molecule has 0 saturated carbocycles. The smallest absolute Gasteiger partial charge is 0.462 e. The van der Waals surface area contributed by atoms with Crippen molar-refractivity contribution in [3.63, 3.8) is 0 Å². The molecule has 97 heavy (non-hydrogen) atoms. The molecule has 2 unspecified atom stereocenters. The molecule has 0 aliphatic carbocycles. The lowest BCUT2D eigenvalue weighted by Gasteiger charge is -2.21. The Labute approximate surface area is 594 Å². The highest BCUT2D eigenvalue weighted by Gasteiger charge is 2.30. The van der Waals surface area contributed by atoms with Crippen LogP contribution in [0.25, 0.3) is 0 Å². The Bertz CT molecular complexity index is 1870. The van der Waals surface area contributed by atoms with Crippen LogP contribution < -0.4 is 0 Å². The predicted octanol–water partition coefficient (Wildman–Crippen LogP) is 23.1. The van der Waals surface area contributed by atoms with Crippen LogP contribution in [0.15, 0.2) is 0 Å². The van der Waals surface area contributed by atoms with Crippen LogP contribution in [0.3, 0.4) is 0 Å². The van der Waals surface area contributed by atoms with Gasteiger partial charge < -0.3 is 33.8 Å². The first-order valence-corrected chi connectivity index (χ1v) is 43.5.